The number of nitrogens with one attached hydrogen (secondary N) is 2. The van der Waals surface area contributed by atoms with Crippen molar-refractivity contribution in [3.05, 3.63) is 35.1 Å². The van der Waals surface area contributed by atoms with Crippen LogP contribution < -0.4 is 10.6 Å². The molecule has 0 bridgehead atoms. The van der Waals surface area contributed by atoms with E-state index in [2.05, 4.69) is 10.6 Å². The van der Waals surface area contributed by atoms with Gasteiger partial charge in [0.05, 0.1) is 0 Å². The lowest BCUT2D eigenvalue weighted by atomic mass is 10.0. The molecule has 1 aromatic carbocycles. The van der Waals surface area contributed by atoms with Gasteiger partial charge in [-0.25, -0.2) is 13.2 Å². The summed E-state index contributed by atoms with van der Waals surface area (Å²) >= 11 is 0. The molecule has 0 aliphatic carbocycles. The average Bonchev–Trinajstić information content (AvgIpc) is 2.27. The van der Waals surface area contributed by atoms with Crippen LogP contribution in [0.5, 0.6) is 0 Å². The second-order valence-corrected chi connectivity index (χ2v) is 3.48. The van der Waals surface area contributed by atoms with Gasteiger partial charge in [-0.05, 0) is 6.07 Å². The first kappa shape index (κ1) is 10.4. The molecule has 5 heteroatoms. The third-order valence-corrected chi connectivity index (χ3v) is 2.48. The van der Waals surface area contributed by atoms with Gasteiger partial charge in [0.15, 0.2) is 17.5 Å². The van der Waals surface area contributed by atoms with Crippen molar-refractivity contribution >= 4 is 0 Å². The summed E-state index contributed by atoms with van der Waals surface area (Å²) in [6.45, 7) is 1.99. The van der Waals surface area contributed by atoms with Crippen LogP contribution in [0.15, 0.2) is 12.1 Å². The number of halogens is 3. The molecule has 0 radical (unpaired) electrons. The Morgan fingerprint density at radius 2 is 1.87 bits per heavy atom. The maximum atomic E-state index is 13.4. The predicted molar refractivity (Wildman–Crippen MR) is 49.9 cm³/mol. The van der Waals surface area contributed by atoms with Crippen molar-refractivity contribution in [1.29, 1.82) is 0 Å². The van der Waals surface area contributed by atoms with Crippen LogP contribution in [-0.4, -0.2) is 19.6 Å². The highest BCUT2D eigenvalue weighted by Crippen LogP contribution is 2.21. The van der Waals surface area contributed by atoms with E-state index in [0.717, 1.165) is 12.6 Å². The fourth-order valence-corrected chi connectivity index (χ4v) is 1.68. The van der Waals surface area contributed by atoms with Crippen molar-refractivity contribution in [1.82, 2.24) is 10.6 Å². The molecule has 2 nitrogen and oxygen atoms in total. The van der Waals surface area contributed by atoms with Crippen molar-refractivity contribution in [3.8, 4) is 0 Å². The van der Waals surface area contributed by atoms with Crippen molar-refractivity contribution in [2.24, 2.45) is 0 Å². The van der Waals surface area contributed by atoms with Gasteiger partial charge in [0.2, 0.25) is 0 Å². The van der Waals surface area contributed by atoms with Gasteiger partial charge < -0.3 is 10.6 Å². The predicted octanol–water partition coefficient (Wildman–Crippen LogP) is 1.34. The average molecular weight is 216 g/mol. The molecule has 0 unspecified atom stereocenters. The Bertz CT molecular complexity index is 362. The van der Waals surface area contributed by atoms with E-state index in [1.165, 1.54) is 6.07 Å². The van der Waals surface area contributed by atoms with E-state index in [9.17, 15) is 13.2 Å². The molecule has 1 aliphatic rings. The zero-order valence-corrected chi connectivity index (χ0v) is 7.99. The number of piperazine rings is 1. The van der Waals surface area contributed by atoms with Crippen LogP contribution in [0.3, 0.4) is 0 Å². The van der Waals surface area contributed by atoms with Crippen LogP contribution in [0.25, 0.3) is 0 Å². The van der Waals surface area contributed by atoms with Gasteiger partial charge >= 0.3 is 0 Å². The summed E-state index contributed by atoms with van der Waals surface area (Å²) in [5.74, 6) is -3.66. The van der Waals surface area contributed by atoms with Gasteiger partial charge in [-0.2, -0.15) is 0 Å². The second-order valence-electron chi connectivity index (χ2n) is 3.48. The minimum atomic E-state index is -1.40. The Hall–Kier alpha value is -1.07. The lowest BCUT2D eigenvalue weighted by molar-refractivity contribution is 0.393. The Balaban J connectivity index is 2.31. The number of hydrogen-bond acceptors (Lipinski definition) is 2. The van der Waals surface area contributed by atoms with Crippen LogP contribution in [-0.2, 0) is 0 Å². The van der Waals surface area contributed by atoms with E-state index in [1.807, 2.05) is 0 Å². The monoisotopic (exact) mass is 216 g/mol. The molecule has 1 atom stereocenters. The summed E-state index contributed by atoms with van der Waals surface area (Å²) in [5.41, 5.74) is 0.168. The quantitative estimate of drug-likeness (QED) is 0.692. The largest absolute Gasteiger partial charge is 0.314 e. The van der Waals surface area contributed by atoms with Crippen molar-refractivity contribution < 1.29 is 13.2 Å². The maximum absolute atomic E-state index is 13.4. The maximum Gasteiger partial charge on any atom is 0.194 e. The molecule has 15 heavy (non-hydrogen) atoms. The Morgan fingerprint density at radius 3 is 2.53 bits per heavy atom. The molecule has 1 aliphatic heterocycles. The van der Waals surface area contributed by atoms with Crippen LogP contribution in [0.4, 0.5) is 13.2 Å². The second kappa shape index (κ2) is 4.20. The summed E-state index contributed by atoms with van der Waals surface area (Å²) in [5, 5.41) is 6.08. The van der Waals surface area contributed by atoms with Crippen molar-refractivity contribution in [2.45, 2.75) is 6.04 Å². The lowest BCUT2D eigenvalue weighted by Crippen LogP contribution is -2.43. The van der Waals surface area contributed by atoms with Crippen molar-refractivity contribution in [3.63, 3.8) is 0 Å². The first-order chi connectivity index (χ1) is 7.20. The molecule has 0 amide bonds. The zero-order valence-electron chi connectivity index (χ0n) is 7.99. The molecule has 2 rings (SSSR count). The molecule has 0 aromatic heterocycles. The molecule has 2 N–H and O–H groups in total. The number of rotatable bonds is 1. The third kappa shape index (κ3) is 1.98. The fraction of sp³-hybridized carbons (Fsp3) is 0.400. The Labute approximate surface area is 85.5 Å². The molecule has 82 valence electrons. The van der Waals surface area contributed by atoms with Crippen molar-refractivity contribution in [2.75, 3.05) is 19.6 Å². The summed E-state index contributed by atoms with van der Waals surface area (Å²) in [7, 11) is 0. The lowest BCUT2D eigenvalue weighted by Gasteiger charge is -2.25. The molecular weight excluding hydrogens is 205 g/mol. The molecule has 0 spiro atoms. The van der Waals surface area contributed by atoms with Gasteiger partial charge in [-0.1, -0.05) is 6.07 Å². The van der Waals surface area contributed by atoms with Crippen LogP contribution in [0.1, 0.15) is 11.6 Å². The van der Waals surface area contributed by atoms with Crippen LogP contribution in [0.2, 0.25) is 0 Å². The number of hydrogen-bond donors (Lipinski definition) is 2. The van der Waals surface area contributed by atoms with E-state index in [-0.39, 0.29) is 11.6 Å². The third-order valence-electron chi connectivity index (χ3n) is 2.48. The van der Waals surface area contributed by atoms with E-state index >= 15 is 0 Å². The highest BCUT2D eigenvalue weighted by atomic mass is 19.2. The zero-order chi connectivity index (χ0) is 10.8. The van der Waals surface area contributed by atoms with Gasteiger partial charge in [0.1, 0.15) is 0 Å². The normalized spacial score (nSPS) is 21.7. The molecule has 1 aromatic rings. The van der Waals surface area contributed by atoms with Gasteiger partial charge in [-0.15, -0.1) is 0 Å². The summed E-state index contributed by atoms with van der Waals surface area (Å²) in [6, 6.07) is 1.93. The smallest absolute Gasteiger partial charge is 0.194 e. The molecule has 1 fully saturated rings. The first-order valence-electron chi connectivity index (χ1n) is 4.77. The minimum Gasteiger partial charge on any atom is -0.314 e. The van der Waals surface area contributed by atoms with E-state index in [1.54, 1.807) is 0 Å². The Morgan fingerprint density at radius 1 is 1.07 bits per heavy atom. The standard InChI is InChI=1S/C10H11F3N2/c11-7-2-1-6(9(12)10(7)13)8-5-14-3-4-15-8/h1-2,8,14-15H,3-5H2/t8-/m1/s1. The molecule has 1 saturated heterocycles. The van der Waals surface area contributed by atoms with E-state index < -0.39 is 17.5 Å². The SMILES string of the molecule is Fc1ccc([C@H]2CNCCN2)c(F)c1F. The fourth-order valence-electron chi connectivity index (χ4n) is 1.68. The topological polar surface area (TPSA) is 24.1 Å². The van der Waals surface area contributed by atoms with Crippen LogP contribution in [0, 0.1) is 17.5 Å². The van der Waals surface area contributed by atoms with Crippen LogP contribution >= 0.6 is 0 Å². The number of benzene rings is 1. The summed E-state index contributed by atoms with van der Waals surface area (Å²) < 4.78 is 39.0. The first-order valence-corrected chi connectivity index (χ1v) is 4.77. The Kier molecular flexibility index (Phi) is 2.93. The summed E-state index contributed by atoms with van der Waals surface area (Å²) in [6.07, 6.45) is 0. The summed E-state index contributed by atoms with van der Waals surface area (Å²) in [4.78, 5) is 0. The molecular formula is C10H11F3N2. The highest BCUT2D eigenvalue weighted by molar-refractivity contribution is 5.24. The molecule has 1 heterocycles. The van der Waals surface area contributed by atoms with E-state index in [4.69, 9.17) is 0 Å². The van der Waals surface area contributed by atoms with Gasteiger partial charge in [0, 0.05) is 31.2 Å². The molecule has 0 saturated carbocycles. The van der Waals surface area contributed by atoms with Gasteiger partial charge in [-0.3, -0.25) is 0 Å². The van der Waals surface area contributed by atoms with E-state index in [0.29, 0.717) is 13.1 Å². The highest BCUT2D eigenvalue weighted by Gasteiger charge is 2.21. The minimum absolute atomic E-state index is 0.168. The van der Waals surface area contributed by atoms with Gasteiger partial charge in [0.25, 0.3) is 0 Å².